The molecule has 0 aliphatic heterocycles. The van der Waals surface area contributed by atoms with Crippen LogP contribution in [0.4, 0.5) is 5.69 Å². The van der Waals surface area contributed by atoms with E-state index in [1.54, 1.807) is 7.11 Å². The van der Waals surface area contributed by atoms with Gasteiger partial charge < -0.3 is 10.1 Å². The number of ether oxygens (including phenoxy) is 1. The van der Waals surface area contributed by atoms with E-state index in [2.05, 4.69) is 12.2 Å². The number of anilines is 1. The Labute approximate surface area is 148 Å². The largest absolute Gasteiger partial charge is 0.497 e. The Morgan fingerprint density at radius 2 is 1.67 bits per heavy atom. The third-order valence-electron chi connectivity index (χ3n) is 6.14. The molecule has 1 N–H and O–H groups in total. The van der Waals surface area contributed by atoms with E-state index in [-0.39, 0.29) is 11.2 Å². The molecule has 4 fully saturated rings. The predicted octanol–water partition coefficient (Wildman–Crippen LogP) is 4.72. The first-order valence-corrected chi connectivity index (χ1v) is 10.1. The maximum atomic E-state index is 12.6. The average Bonchev–Trinajstić information content (AvgIpc) is 2.53. The molecule has 1 atom stereocenters. The number of rotatable bonds is 5. The molecule has 1 aromatic carbocycles. The number of methoxy groups -OCH3 is 1. The Morgan fingerprint density at radius 1 is 1.12 bits per heavy atom. The fourth-order valence-electron chi connectivity index (χ4n) is 5.52. The Hall–Kier alpha value is -1.16. The zero-order valence-electron chi connectivity index (χ0n) is 14.6. The number of amides is 1. The summed E-state index contributed by atoms with van der Waals surface area (Å²) in [6.07, 6.45) is 8.36. The second kappa shape index (κ2) is 6.29. The standard InChI is InChI=1S/C20H27NO2S/c1-13(19(22)21-17-3-5-18(23-2)6-4-17)24-20-10-14-7-15(11-20)9-16(8-14)12-20/h3-6,13-16H,7-12H2,1-2H3,(H,21,22)/t13-,14?,15?,16?,20?/m0/s1. The Kier molecular flexibility index (Phi) is 4.27. The molecule has 5 rings (SSSR count). The van der Waals surface area contributed by atoms with Crippen molar-refractivity contribution in [3.63, 3.8) is 0 Å². The lowest BCUT2D eigenvalue weighted by Crippen LogP contribution is -2.49. The number of thioether (sulfide) groups is 1. The molecule has 4 heteroatoms. The van der Waals surface area contributed by atoms with Crippen LogP contribution in [0.15, 0.2) is 24.3 Å². The van der Waals surface area contributed by atoms with Gasteiger partial charge >= 0.3 is 0 Å². The average molecular weight is 346 g/mol. The molecule has 0 saturated heterocycles. The van der Waals surface area contributed by atoms with Crippen molar-refractivity contribution in [2.75, 3.05) is 12.4 Å². The summed E-state index contributed by atoms with van der Waals surface area (Å²) >= 11 is 1.96. The normalized spacial score (nSPS) is 34.8. The van der Waals surface area contributed by atoms with Crippen LogP contribution in [0, 0.1) is 17.8 Å². The Bertz CT molecular complexity index is 577. The van der Waals surface area contributed by atoms with Crippen LogP contribution in [-0.2, 0) is 4.79 Å². The van der Waals surface area contributed by atoms with Gasteiger partial charge in [-0.2, -0.15) is 0 Å². The van der Waals surface area contributed by atoms with Gasteiger partial charge in [0.2, 0.25) is 5.91 Å². The molecule has 1 aromatic rings. The molecular weight excluding hydrogens is 318 g/mol. The van der Waals surface area contributed by atoms with E-state index in [1.807, 2.05) is 36.0 Å². The summed E-state index contributed by atoms with van der Waals surface area (Å²) in [5.74, 6) is 3.73. The second-order valence-electron chi connectivity index (χ2n) is 8.08. The van der Waals surface area contributed by atoms with Crippen molar-refractivity contribution in [3.8, 4) is 5.75 Å². The molecule has 0 spiro atoms. The molecule has 3 nitrogen and oxygen atoms in total. The summed E-state index contributed by atoms with van der Waals surface area (Å²) in [4.78, 5) is 12.6. The fraction of sp³-hybridized carbons (Fsp3) is 0.650. The van der Waals surface area contributed by atoms with E-state index >= 15 is 0 Å². The van der Waals surface area contributed by atoms with Gasteiger partial charge in [-0.25, -0.2) is 0 Å². The van der Waals surface area contributed by atoms with Crippen molar-refractivity contribution in [3.05, 3.63) is 24.3 Å². The maximum Gasteiger partial charge on any atom is 0.237 e. The van der Waals surface area contributed by atoms with Crippen LogP contribution in [0.2, 0.25) is 0 Å². The Morgan fingerprint density at radius 3 is 2.17 bits per heavy atom. The molecule has 0 radical (unpaired) electrons. The highest BCUT2D eigenvalue weighted by Crippen LogP contribution is 2.61. The van der Waals surface area contributed by atoms with Gasteiger partial charge in [-0.1, -0.05) is 0 Å². The lowest BCUT2D eigenvalue weighted by molar-refractivity contribution is -0.115. The summed E-state index contributed by atoms with van der Waals surface area (Å²) < 4.78 is 5.54. The van der Waals surface area contributed by atoms with Crippen molar-refractivity contribution in [2.45, 2.75) is 55.4 Å². The molecule has 4 saturated carbocycles. The molecule has 24 heavy (non-hydrogen) atoms. The minimum Gasteiger partial charge on any atom is -0.497 e. The molecule has 4 aliphatic carbocycles. The van der Waals surface area contributed by atoms with E-state index in [0.29, 0.717) is 4.75 Å². The topological polar surface area (TPSA) is 38.3 Å². The lowest BCUT2D eigenvalue weighted by atomic mass is 9.56. The molecule has 130 valence electrons. The molecular formula is C20H27NO2S. The smallest absolute Gasteiger partial charge is 0.237 e. The van der Waals surface area contributed by atoms with E-state index in [9.17, 15) is 4.79 Å². The molecule has 0 heterocycles. The number of hydrogen-bond donors (Lipinski definition) is 1. The van der Waals surface area contributed by atoms with E-state index in [1.165, 1.54) is 38.5 Å². The number of hydrogen-bond acceptors (Lipinski definition) is 3. The van der Waals surface area contributed by atoms with Crippen molar-refractivity contribution in [1.82, 2.24) is 0 Å². The molecule has 0 aromatic heterocycles. The third kappa shape index (κ3) is 3.17. The molecule has 4 bridgehead atoms. The van der Waals surface area contributed by atoms with E-state index in [4.69, 9.17) is 4.74 Å². The maximum absolute atomic E-state index is 12.6. The van der Waals surface area contributed by atoms with Gasteiger partial charge in [0.25, 0.3) is 0 Å². The van der Waals surface area contributed by atoms with Crippen LogP contribution >= 0.6 is 11.8 Å². The highest BCUT2D eigenvalue weighted by atomic mass is 32.2. The number of benzene rings is 1. The highest BCUT2D eigenvalue weighted by Gasteiger charge is 2.52. The zero-order chi connectivity index (χ0) is 16.7. The minimum atomic E-state index is 0.00310. The van der Waals surface area contributed by atoms with Crippen LogP contribution in [0.1, 0.15) is 45.4 Å². The van der Waals surface area contributed by atoms with Crippen molar-refractivity contribution in [2.24, 2.45) is 17.8 Å². The van der Waals surface area contributed by atoms with Gasteiger partial charge in [-0.15, -0.1) is 11.8 Å². The number of carbonyl (C=O) groups is 1. The number of carbonyl (C=O) groups excluding carboxylic acids is 1. The van der Waals surface area contributed by atoms with Crippen LogP contribution < -0.4 is 10.1 Å². The highest BCUT2D eigenvalue weighted by molar-refractivity contribution is 8.01. The second-order valence-corrected chi connectivity index (χ2v) is 9.89. The first kappa shape index (κ1) is 16.3. The van der Waals surface area contributed by atoms with Crippen molar-refractivity contribution < 1.29 is 9.53 Å². The SMILES string of the molecule is COc1ccc(NC(=O)[C@H](C)SC23CC4CC(CC(C4)C2)C3)cc1. The predicted molar refractivity (Wildman–Crippen MR) is 99.6 cm³/mol. The first-order chi connectivity index (χ1) is 11.5. The molecule has 4 aliphatic rings. The molecule has 1 amide bonds. The molecule has 0 unspecified atom stereocenters. The van der Waals surface area contributed by atoms with Gasteiger partial charge in [0.1, 0.15) is 5.75 Å². The minimum absolute atomic E-state index is 0.00310. The van der Waals surface area contributed by atoms with Gasteiger partial charge in [0.15, 0.2) is 0 Å². The third-order valence-corrected chi connectivity index (χ3v) is 7.70. The fourth-order valence-corrected chi connectivity index (χ4v) is 7.43. The Balaban J connectivity index is 1.38. The summed E-state index contributed by atoms with van der Waals surface area (Å²) in [5, 5.41) is 3.06. The van der Waals surface area contributed by atoms with Crippen molar-refractivity contribution >= 4 is 23.4 Å². The van der Waals surface area contributed by atoms with Crippen LogP contribution in [0.25, 0.3) is 0 Å². The van der Waals surface area contributed by atoms with Crippen molar-refractivity contribution in [1.29, 1.82) is 0 Å². The van der Waals surface area contributed by atoms with Gasteiger partial charge in [-0.05, 0) is 87.5 Å². The summed E-state index contributed by atoms with van der Waals surface area (Å²) in [5.41, 5.74) is 0.846. The zero-order valence-corrected chi connectivity index (χ0v) is 15.4. The van der Waals surface area contributed by atoms with Crippen LogP contribution in [0.5, 0.6) is 5.75 Å². The monoisotopic (exact) mass is 345 g/mol. The van der Waals surface area contributed by atoms with Gasteiger partial charge in [0.05, 0.1) is 12.4 Å². The lowest BCUT2D eigenvalue weighted by Gasteiger charge is -2.57. The summed E-state index contributed by atoms with van der Waals surface area (Å²) in [6, 6.07) is 7.57. The van der Waals surface area contributed by atoms with Gasteiger partial charge in [-0.3, -0.25) is 4.79 Å². The van der Waals surface area contributed by atoms with E-state index in [0.717, 1.165) is 29.2 Å². The van der Waals surface area contributed by atoms with Crippen LogP contribution in [0.3, 0.4) is 0 Å². The van der Waals surface area contributed by atoms with Gasteiger partial charge in [0, 0.05) is 10.4 Å². The first-order valence-electron chi connectivity index (χ1n) is 9.18. The summed E-state index contributed by atoms with van der Waals surface area (Å²) in [7, 11) is 1.65. The summed E-state index contributed by atoms with van der Waals surface area (Å²) in [6.45, 7) is 2.07. The number of nitrogens with one attached hydrogen (secondary N) is 1. The van der Waals surface area contributed by atoms with E-state index < -0.39 is 0 Å². The van der Waals surface area contributed by atoms with Crippen LogP contribution in [-0.4, -0.2) is 23.0 Å². The quantitative estimate of drug-likeness (QED) is 0.839.